The molecule has 2 N–H and O–H groups in total. The summed E-state index contributed by atoms with van der Waals surface area (Å²) in [4.78, 5) is 13.5. The van der Waals surface area contributed by atoms with Crippen LogP contribution in [-0.4, -0.2) is 36.5 Å². The molecule has 18 heavy (non-hydrogen) atoms. The van der Waals surface area contributed by atoms with Gasteiger partial charge in [-0.25, -0.2) is 0 Å². The highest BCUT2D eigenvalue weighted by Gasteiger charge is 2.30. The largest absolute Gasteiger partial charge is 0.369 e. The quantitative estimate of drug-likeness (QED) is 0.886. The van der Waals surface area contributed by atoms with E-state index < -0.39 is 0 Å². The third-order valence-electron chi connectivity index (χ3n) is 3.18. The Hall–Kier alpha value is -1.10. The van der Waals surface area contributed by atoms with Crippen LogP contribution in [0.3, 0.4) is 0 Å². The van der Waals surface area contributed by atoms with Crippen LogP contribution in [0, 0.1) is 0 Å². The van der Waals surface area contributed by atoms with Crippen LogP contribution in [0.15, 0.2) is 24.3 Å². The van der Waals surface area contributed by atoms with Crippen molar-refractivity contribution in [2.75, 3.05) is 19.7 Å². The first-order valence-electron chi connectivity index (χ1n) is 5.99. The van der Waals surface area contributed by atoms with E-state index in [2.05, 4.69) is 0 Å². The number of rotatable bonds is 2. The molecule has 0 aromatic heterocycles. The minimum Gasteiger partial charge on any atom is -0.369 e. The second-order valence-corrected chi connectivity index (χ2v) is 4.85. The lowest BCUT2D eigenvalue weighted by atomic mass is 10.1. The van der Waals surface area contributed by atoms with Gasteiger partial charge in [0.1, 0.15) is 6.10 Å². The molecule has 98 valence electrons. The fourth-order valence-corrected chi connectivity index (χ4v) is 2.40. The van der Waals surface area contributed by atoms with Crippen LogP contribution in [-0.2, 0) is 9.53 Å². The first-order valence-corrected chi connectivity index (χ1v) is 6.37. The summed E-state index contributed by atoms with van der Waals surface area (Å²) < 4.78 is 5.76. The molecule has 1 aliphatic rings. The molecule has 5 heteroatoms. The Morgan fingerprint density at radius 2 is 2.28 bits per heavy atom. The molecule has 1 fully saturated rings. The fourth-order valence-electron chi connectivity index (χ4n) is 2.15. The lowest BCUT2D eigenvalue weighted by Gasteiger charge is -2.38. The van der Waals surface area contributed by atoms with Gasteiger partial charge >= 0.3 is 0 Å². The Morgan fingerprint density at radius 3 is 2.94 bits per heavy atom. The Morgan fingerprint density at radius 1 is 1.56 bits per heavy atom. The van der Waals surface area contributed by atoms with E-state index in [4.69, 9.17) is 22.1 Å². The predicted molar refractivity (Wildman–Crippen MR) is 70.4 cm³/mol. The molecule has 2 atom stereocenters. The van der Waals surface area contributed by atoms with Gasteiger partial charge in [-0.05, 0) is 13.0 Å². The number of ether oxygens (including phenoxy) is 1. The van der Waals surface area contributed by atoms with Gasteiger partial charge in [0.05, 0.1) is 25.7 Å². The molecule has 4 nitrogen and oxygen atoms in total. The van der Waals surface area contributed by atoms with Gasteiger partial charge in [0.2, 0.25) is 5.91 Å². The summed E-state index contributed by atoms with van der Waals surface area (Å²) in [6, 6.07) is 7.60. The van der Waals surface area contributed by atoms with E-state index in [9.17, 15) is 4.79 Å². The zero-order chi connectivity index (χ0) is 13.1. The Labute approximate surface area is 112 Å². The molecule has 0 spiro atoms. The molecule has 1 aromatic rings. The second-order valence-electron chi connectivity index (χ2n) is 4.44. The number of morpholine rings is 1. The van der Waals surface area contributed by atoms with Gasteiger partial charge in [-0.3, -0.25) is 4.79 Å². The molecule has 0 aliphatic carbocycles. The van der Waals surface area contributed by atoms with Gasteiger partial charge in [0.25, 0.3) is 0 Å². The van der Waals surface area contributed by atoms with Crippen molar-refractivity contribution in [3.63, 3.8) is 0 Å². The third kappa shape index (κ3) is 2.66. The van der Waals surface area contributed by atoms with Crippen LogP contribution in [0.1, 0.15) is 18.6 Å². The highest BCUT2D eigenvalue weighted by molar-refractivity contribution is 6.31. The number of hydrogen-bond acceptors (Lipinski definition) is 3. The van der Waals surface area contributed by atoms with Crippen molar-refractivity contribution in [3.05, 3.63) is 34.9 Å². The summed E-state index contributed by atoms with van der Waals surface area (Å²) in [5.41, 5.74) is 6.34. The van der Waals surface area contributed by atoms with Crippen molar-refractivity contribution < 1.29 is 9.53 Å². The minimum atomic E-state index is -0.176. The number of amides is 1. The lowest BCUT2D eigenvalue weighted by molar-refractivity contribution is -0.142. The smallest absolute Gasteiger partial charge is 0.236 e. The summed E-state index contributed by atoms with van der Waals surface area (Å²) in [6.45, 7) is 2.98. The SMILES string of the molecule is C[C@@H]1CO[C@H](c2ccccc2Cl)CN1C(=O)CN. The Kier molecular flexibility index (Phi) is 4.22. The van der Waals surface area contributed by atoms with E-state index in [1.54, 1.807) is 4.90 Å². The molecule has 1 heterocycles. The summed E-state index contributed by atoms with van der Waals surface area (Å²) in [7, 11) is 0. The van der Waals surface area contributed by atoms with Crippen molar-refractivity contribution in [3.8, 4) is 0 Å². The fraction of sp³-hybridized carbons (Fsp3) is 0.462. The topological polar surface area (TPSA) is 55.6 Å². The number of benzene rings is 1. The molecule has 1 saturated heterocycles. The average molecular weight is 269 g/mol. The molecule has 2 rings (SSSR count). The van der Waals surface area contributed by atoms with Crippen LogP contribution >= 0.6 is 11.6 Å². The third-order valence-corrected chi connectivity index (χ3v) is 3.52. The molecule has 0 saturated carbocycles. The van der Waals surface area contributed by atoms with Gasteiger partial charge in [-0.15, -0.1) is 0 Å². The number of carbonyl (C=O) groups is 1. The van der Waals surface area contributed by atoms with Crippen molar-refractivity contribution in [1.82, 2.24) is 4.90 Å². The van der Waals surface area contributed by atoms with Crippen molar-refractivity contribution in [2.45, 2.75) is 19.1 Å². The van der Waals surface area contributed by atoms with E-state index in [0.29, 0.717) is 18.2 Å². The van der Waals surface area contributed by atoms with E-state index in [1.807, 2.05) is 31.2 Å². The van der Waals surface area contributed by atoms with E-state index in [-0.39, 0.29) is 24.6 Å². The maximum atomic E-state index is 11.8. The van der Waals surface area contributed by atoms with Gasteiger partial charge < -0.3 is 15.4 Å². The summed E-state index contributed by atoms with van der Waals surface area (Å²) in [6.07, 6.45) is -0.176. The first kappa shape index (κ1) is 13.3. The second kappa shape index (κ2) is 5.69. The molecule has 1 amide bonds. The van der Waals surface area contributed by atoms with Gasteiger partial charge in [-0.2, -0.15) is 0 Å². The number of halogens is 1. The Balaban J connectivity index is 2.17. The highest BCUT2D eigenvalue weighted by Crippen LogP contribution is 2.29. The number of nitrogens with zero attached hydrogens (tertiary/aromatic N) is 1. The lowest BCUT2D eigenvalue weighted by Crippen LogP contribution is -2.50. The Bertz CT molecular complexity index is 439. The average Bonchev–Trinajstić information content (AvgIpc) is 2.39. The van der Waals surface area contributed by atoms with Crippen LogP contribution in [0.4, 0.5) is 0 Å². The first-order chi connectivity index (χ1) is 8.63. The maximum Gasteiger partial charge on any atom is 0.236 e. The van der Waals surface area contributed by atoms with Gasteiger partial charge in [-0.1, -0.05) is 29.8 Å². The van der Waals surface area contributed by atoms with Crippen molar-refractivity contribution in [1.29, 1.82) is 0 Å². The van der Waals surface area contributed by atoms with Crippen LogP contribution in [0.2, 0.25) is 5.02 Å². The predicted octanol–water partition coefficient (Wildman–Crippen LogP) is 1.59. The highest BCUT2D eigenvalue weighted by atomic mass is 35.5. The monoisotopic (exact) mass is 268 g/mol. The van der Waals surface area contributed by atoms with Gasteiger partial charge in [0.15, 0.2) is 0 Å². The van der Waals surface area contributed by atoms with Crippen LogP contribution in [0.5, 0.6) is 0 Å². The van der Waals surface area contributed by atoms with E-state index in [0.717, 1.165) is 5.56 Å². The molecule has 0 radical (unpaired) electrons. The number of carbonyl (C=O) groups excluding carboxylic acids is 1. The van der Waals surface area contributed by atoms with Crippen LogP contribution < -0.4 is 5.73 Å². The molecular formula is C13H17ClN2O2. The van der Waals surface area contributed by atoms with Crippen molar-refractivity contribution >= 4 is 17.5 Å². The number of hydrogen-bond donors (Lipinski definition) is 1. The van der Waals surface area contributed by atoms with Gasteiger partial charge in [0, 0.05) is 10.6 Å². The van der Waals surface area contributed by atoms with Crippen LogP contribution in [0.25, 0.3) is 0 Å². The number of nitrogens with two attached hydrogens (primary N) is 1. The van der Waals surface area contributed by atoms with E-state index >= 15 is 0 Å². The standard InChI is InChI=1S/C13H17ClN2O2/c1-9-8-18-12(7-16(9)13(17)6-15)10-4-2-3-5-11(10)14/h2-5,9,12H,6-8,15H2,1H3/t9-,12+/m1/s1. The molecular weight excluding hydrogens is 252 g/mol. The molecule has 1 aromatic carbocycles. The maximum absolute atomic E-state index is 11.8. The summed E-state index contributed by atoms with van der Waals surface area (Å²) in [5, 5.41) is 0.664. The molecule has 1 aliphatic heterocycles. The minimum absolute atomic E-state index is 0.0274. The normalized spacial score (nSPS) is 24.1. The molecule has 0 unspecified atom stereocenters. The summed E-state index contributed by atoms with van der Waals surface area (Å²) in [5.74, 6) is -0.0529. The van der Waals surface area contributed by atoms with Crippen molar-refractivity contribution in [2.24, 2.45) is 5.73 Å². The summed E-state index contributed by atoms with van der Waals surface area (Å²) >= 11 is 6.15. The van der Waals surface area contributed by atoms with E-state index in [1.165, 1.54) is 0 Å². The zero-order valence-electron chi connectivity index (χ0n) is 10.3. The zero-order valence-corrected chi connectivity index (χ0v) is 11.1. The molecule has 0 bridgehead atoms.